The fourth-order valence-electron chi connectivity index (χ4n) is 1.54. The van der Waals surface area contributed by atoms with Gasteiger partial charge in [-0.1, -0.05) is 30.3 Å². The number of nitrogens with two attached hydrogens (primary N) is 1. The minimum Gasteiger partial charge on any atom is -0.485 e. The van der Waals surface area contributed by atoms with Gasteiger partial charge in [-0.2, -0.15) is 4.98 Å². The normalized spacial score (nSPS) is 12.4. The van der Waals surface area contributed by atoms with Gasteiger partial charge < -0.3 is 15.0 Å². The fourth-order valence-corrected chi connectivity index (χ4v) is 1.54. The van der Waals surface area contributed by atoms with Crippen LogP contribution in [0.25, 0.3) is 0 Å². The average molecular weight is 233 g/mol. The molecule has 2 N–H and O–H groups in total. The number of ether oxygens (including phenoxy) is 1. The number of rotatable bonds is 5. The van der Waals surface area contributed by atoms with Gasteiger partial charge in [-0.15, -0.1) is 0 Å². The Bertz CT molecular complexity index is 457. The third kappa shape index (κ3) is 2.82. The van der Waals surface area contributed by atoms with E-state index in [2.05, 4.69) is 14.7 Å². The molecule has 0 unspecified atom stereocenters. The fraction of sp³-hybridized carbons (Fsp3) is 0.333. The molecule has 0 saturated heterocycles. The largest absolute Gasteiger partial charge is 0.485 e. The number of hydrogen-bond donors (Lipinski definition) is 1. The van der Waals surface area contributed by atoms with Gasteiger partial charge in [0.1, 0.15) is 5.75 Å². The first-order chi connectivity index (χ1) is 8.31. The van der Waals surface area contributed by atoms with Gasteiger partial charge >= 0.3 is 0 Å². The smallest absolute Gasteiger partial charge is 0.213 e. The maximum atomic E-state index is 6.01. The third-order valence-corrected chi connectivity index (χ3v) is 2.52. The number of nitrogens with zero attached hydrogens (tertiary/aromatic N) is 2. The zero-order valence-electron chi connectivity index (χ0n) is 9.67. The van der Waals surface area contributed by atoms with Crippen LogP contribution in [0.3, 0.4) is 0 Å². The highest BCUT2D eigenvalue weighted by atomic mass is 16.5. The number of hydrogen-bond acceptors (Lipinski definition) is 5. The average Bonchev–Trinajstić information content (AvgIpc) is 2.89. The lowest BCUT2D eigenvalue weighted by Crippen LogP contribution is -2.11. The number of benzene rings is 1. The molecule has 1 atom stereocenters. The van der Waals surface area contributed by atoms with Gasteiger partial charge in [-0.3, -0.25) is 0 Å². The summed E-state index contributed by atoms with van der Waals surface area (Å²) in [5, 5.41) is 3.68. The Kier molecular flexibility index (Phi) is 3.72. The molecule has 0 aliphatic carbocycles. The Morgan fingerprint density at radius 2 is 2.24 bits per heavy atom. The highest BCUT2D eigenvalue weighted by Crippen LogP contribution is 2.25. The van der Waals surface area contributed by atoms with Gasteiger partial charge in [0.05, 0.1) is 0 Å². The highest BCUT2D eigenvalue weighted by Gasteiger charge is 2.10. The lowest BCUT2D eigenvalue weighted by molar-refractivity contribution is 0.282. The predicted octanol–water partition coefficient (Wildman–Crippen LogP) is 2.06. The van der Waals surface area contributed by atoms with Crippen LogP contribution in [0, 0.1) is 0 Å². The Hall–Kier alpha value is -1.88. The number of para-hydroxylation sites is 1. The van der Waals surface area contributed by atoms with Crippen LogP contribution in [0.15, 0.2) is 35.2 Å². The minimum atomic E-state index is -0.0172. The van der Waals surface area contributed by atoms with E-state index in [0.29, 0.717) is 5.82 Å². The van der Waals surface area contributed by atoms with Crippen molar-refractivity contribution >= 4 is 0 Å². The van der Waals surface area contributed by atoms with Crippen molar-refractivity contribution in [3.05, 3.63) is 42.0 Å². The lowest BCUT2D eigenvalue weighted by Gasteiger charge is -2.14. The summed E-state index contributed by atoms with van der Waals surface area (Å²) in [5.74, 6) is 1.29. The van der Waals surface area contributed by atoms with E-state index >= 15 is 0 Å². The van der Waals surface area contributed by atoms with Crippen LogP contribution in [0.5, 0.6) is 5.75 Å². The first-order valence-electron chi connectivity index (χ1n) is 5.53. The van der Waals surface area contributed by atoms with Crippen molar-refractivity contribution in [1.29, 1.82) is 0 Å². The second-order valence-corrected chi connectivity index (χ2v) is 3.69. The number of aromatic nitrogens is 2. The summed E-state index contributed by atoms with van der Waals surface area (Å²) in [5.41, 5.74) is 7.01. The van der Waals surface area contributed by atoms with Crippen molar-refractivity contribution in [1.82, 2.24) is 10.1 Å². The molecule has 0 aliphatic rings. The minimum absolute atomic E-state index is 0.0172. The Morgan fingerprint density at radius 1 is 1.41 bits per heavy atom. The van der Waals surface area contributed by atoms with E-state index in [0.717, 1.165) is 17.7 Å². The van der Waals surface area contributed by atoms with Crippen LogP contribution < -0.4 is 10.5 Å². The Morgan fingerprint density at radius 3 is 2.94 bits per heavy atom. The van der Waals surface area contributed by atoms with Crippen LogP contribution in [-0.2, 0) is 6.61 Å². The van der Waals surface area contributed by atoms with Crippen molar-refractivity contribution in [2.45, 2.75) is 26.0 Å². The maximum Gasteiger partial charge on any atom is 0.213 e. The SMILES string of the molecule is CC[C@H](N)c1ccccc1OCc1ncon1. The summed E-state index contributed by atoms with van der Waals surface area (Å²) in [6, 6.07) is 7.71. The van der Waals surface area contributed by atoms with Gasteiger partial charge in [0, 0.05) is 11.6 Å². The molecule has 0 saturated carbocycles. The monoisotopic (exact) mass is 233 g/mol. The second-order valence-electron chi connectivity index (χ2n) is 3.69. The molecule has 0 bridgehead atoms. The molecule has 0 radical (unpaired) electrons. The molecular weight excluding hydrogens is 218 g/mol. The molecule has 0 amide bonds. The van der Waals surface area contributed by atoms with E-state index in [4.69, 9.17) is 10.5 Å². The molecule has 0 aliphatic heterocycles. The van der Waals surface area contributed by atoms with Crippen molar-refractivity contribution in [3.8, 4) is 5.75 Å². The van der Waals surface area contributed by atoms with Crippen molar-refractivity contribution in [3.63, 3.8) is 0 Å². The molecular formula is C12H15N3O2. The molecule has 1 heterocycles. The van der Waals surface area contributed by atoms with Crippen molar-refractivity contribution in [2.24, 2.45) is 5.73 Å². The standard InChI is InChI=1S/C12H15N3O2/c1-2-10(13)9-5-3-4-6-11(9)16-7-12-14-8-17-15-12/h3-6,8,10H,2,7,13H2,1H3/t10-/m0/s1. The summed E-state index contributed by atoms with van der Waals surface area (Å²) < 4.78 is 10.3. The summed E-state index contributed by atoms with van der Waals surface area (Å²) in [6.07, 6.45) is 2.14. The molecule has 0 spiro atoms. The topological polar surface area (TPSA) is 74.2 Å². The van der Waals surface area contributed by atoms with E-state index in [-0.39, 0.29) is 12.6 Å². The van der Waals surface area contributed by atoms with E-state index in [9.17, 15) is 0 Å². The van der Waals surface area contributed by atoms with Crippen LogP contribution in [0.2, 0.25) is 0 Å². The van der Waals surface area contributed by atoms with Gasteiger partial charge in [0.2, 0.25) is 12.2 Å². The molecule has 2 aromatic rings. The first-order valence-corrected chi connectivity index (χ1v) is 5.53. The van der Waals surface area contributed by atoms with Gasteiger partial charge in [-0.05, 0) is 12.5 Å². The van der Waals surface area contributed by atoms with E-state index in [1.165, 1.54) is 6.39 Å². The Balaban J connectivity index is 2.09. The van der Waals surface area contributed by atoms with Gasteiger partial charge in [0.25, 0.3) is 0 Å². The van der Waals surface area contributed by atoms with Crippen LogP contribution in [-0.4, -0.2) is 10.1 Å². The van der Waals surface area contributed by atoms with E-state index < -0.39 is 0 Å². The first kappa shape index (κ1) is 11.6. The maximum absolute atomic E-state index is 6.01. The molecule has 90 valence electrons. The van der Waals surface area contributed by atoms with Crippen molar-refractivity contribution in [2.75, 3.05) is 0 Å². The third-order valence-electron chi connectivity index (χ3n) is 2.52. The molecule has 5 heteroatoms. The van der Waals surface area contributed by atoms with E-state index in [1.54, 1.807) is 0 Å². The molecule has 0 fully saturated rings. The molecule has 2 rings (SSSR count). The highest BCUT2D eigenvalue weighted by molar-refractivity contribution is 5.35. The van der Waals surface area contributed by atoms with Crippen LogP contribution >= 0.6 is 0 Å². The molecule has 17 heavy (non-hydrogen) atoms. The lowest BCUT2D eigenvalue weighted by atomic mass is 10.0. The molecule has 1 aromatic carbocycles. The summed E-state index contributed by atoms with van der Waals surface area (Å²) >= 11 is 0. The second kappa shape index (κ2) is 5.45. The molecule has 1 aromatic heterocycles. The van der Waals surface area contributed by atoms with Crippen LogP contribution in [0.4, 0.5) is 0 Å². The summed E-state index contributed by atoms with van der Waals surface area (Å²) in [4.78, 5) is 3.89. The summed E-state index contributed by atoms with van der Waals surface area (Å²) in [6.45, 7) is 2.32. The van der Waals surface area contributed by atoms with E-state index in [1.807, 2.05) is 31.2 Å². The predicted molar refractivity (Wildman–Crippen MR) is 62.3 cm³/mol. The van der Waals surface area contributed by atoms with Gasteiger partial charge in [-0.25, -0.2) is 0 Å². The summed E-state index contributed by atoms with van der Waals surface area (Å²) in [7, 11) is 0. The van der Waals surface area contributed by atoms with Crippen LogP contribution in [0.1, 0.15) is 30.8 Å². The molecule has 5 nitrogen and oxygen atoms in total. The quantitative estimate of drug-likeness (QED) is 0.855. The Labute approximate surface area is 99.6 Å². The van der Waals surface area contributed by atoms with Crippen molar-refractivity contribution < 1.29 is 9.26 Å². The van der Waals surface area contributed by atoms with Gasteiger partial charge in [0.15, 0.2) is 6.61 Å². The zero-order chi connectivity index (χ0) is 12.1. The zero-order valence-corrected chi connectivity index (χ0v) is 9.67.